The van der Waals surface area contributed by atoms with Crippen LogP contribution < -0.4 is 0 Å². The number of nitrogens with zero attached hydrogens (tertiary/aromatic N) is 4. The Kier molecular flexibility index (Phi) is 6.82. The molecule has 0 amide bonds. The minimum Gasteiger partial charge on any atom is -0.310 e. The molecule has 0 fully saturated rings. The van der Waals surface area contributed by atoms with E-state index in [-0.39, 0.29) is 0 Å². The Morgan fingerprint density at radius 1 is 0.400 bits per heavy atom. The zero-order chi connectivity index (χ0) is 36.6. The summed E-state index contributed by atoms with van der Waals surface area (Å²) in [5.41, 5.74) is 12.1. The first kappa shape index (κ1) is 31.1. The molecule has 11 rings (SSSR count). The lowest BCUT2D eigenvalue weighted by Crippen LogP contribution is -1.96. The number of rotatable bonds is 4. The summed E-state index contributed by atoms with van der Waals surface area (Å²) in [6.45, 7) is 15.9. The van der Waals surface area contributed by atoms with Crippen molar-refractivity contribution in [3.63, 3.8) is 0 Å². The van der Waals surface area contributed by atoms with Crippen molar-refractivity contribution in [2.24, 2.45) is 0 Å². The van der Waals surface area contributed by atoms with Gasteiger partial charge in [0, 0.05) is 42.3 Å². The molecule has 5 heteroatoms. The monoisotopic (exact) mass is 716 g/mol. The Labute approximate surface area is 320 Å². The van der Waals surface area contributed by atoms with Crippen LogP contribution in [-0.4, -0.2) is 9.13 Å². The van der Waals surface area contributed by atoms with Gasteiger partial charge in [0.05, 0.1) is 35.2 Å². The van der Waals surface area contributed by atoms with E-state index in [4.69, 9.17) is 13.1 Å². The second-order valence-corrected chi connectivity index (χ2v) is 14.9. The van der Waals surface area contributed by atoms with E-state index in [1.807, 2.05) is 24.3 Å². The van der Waals surface area contributed by atoms with Gasteiger partial charge in [0.2, 0.25) is 5.69 Å². The molecule has 0 aliphatic heterocycles. The molecule has 0 atom stereocenters. The van der Waals surface area contributed by atoms with Crippen LogP contribution in [0, 0.1) is 13.1 Å². The second-order valence-electron chi connectivity index (χ2n) is 13.9. The van der Waals surface area contributed by atoms with Gasteiger partial charge in [-0.25, -0.2) is 9.69 Å². The first-order valence-corrected chi connectivity index (χ1v) is 19.0. The van der Waals surface area contributed by atoms with E-state index < -0.39 is 0 Å². The smallest absolute Gasteiger partial charge is 0.204 e. The maximum Gasteiger partial charge on any atom is 0.204 e. The summed E-state index contributed by atoms with van der Waals surface area (Å²) in [5.74, 6) is 0. The summed E-state index contributed by atoms with van der Waals surface area (Å²) in [4.78, 5) is 7.81. The highest BCUT2D eigenvalue weighted by molar-refractivity contribution is 7.27. The Balaban J connectivity index is 1.10. The molecule has 8 aromatic carbocycles. The fourth-order valence-electron chi connectivity index (χ4n) is 8.60. The van der Waals surface area contributed by atoms with Gasteiger partial charge >= 0.3 is 0 Å². The highest BCUT2D eigenvalue weighted by Crippen LogP contribution is 2.46. The lowest BCUT2D eigenvalue weighted by atomic mass is 9.93. The Hall–Kier alpha value is -7.44. The molecular weight excluding hydrogens is 689 g/mol. The summed E-state index contributed by atoms with van der Waals surface area (Å²) >= 11 is 1.72. The van der Waals surface area contributed by atoms with Crippen LogP contribution in [0.2, 0.25) is 0 Å². The summed E-state index contributed by atoms with van der Waals surface area (Å²) in [7, 11) is 0. The molecule has 0 spiro atoms. The van der Waals surface area contributed by atoms with Gasteiger partial charge in [-0.3, -0.25) is 0 Å². The predicted molar refractivity (Wildman–Crippen MR) is 231 cm³/mol. The van der Waals surface area contributed by atoms with E-state index in [1.165, 1.54) is 31.6 Å². The van der Waals surface area contributed by atoms with E-state index in [9.17, 15) is 0 Å². The van der Waals surface area contributed by atoms with Gasteiger partial charge in [0.1, 0.15) is 0 Å². The van der Waals surface area contributed by atoms with Gasteiger partial charge in [-0.1, -0.05) is 115 Å². The Morgan fingerprint density at radius 2 is 0.982 bits per heavy atom. The van der Waals surface area contributed by atoms with Crippen molar-refractivity contribution in [1.82, 2.24) is 9.13 Å². The van der Waals surface area contributed by atoms with Crippen LogP contribution in [-0.2, 0) is 0 Å². The van der Waals surface area contributed by atoms with Crippen LogP contribution in [0.1, 0.15) is 0 Å². The molecule has 254 valence electrons. The third-order valence-electron chi connectivity index (χ3n) is 10.9. The van der Waals surface area contributed by atoms with Crippen molar-refractivity contribution in [3.05, 3.63) is 193 Å². The number of hydrogen-bond acceptors (Lipinski definition) is 1. The summed E-state index contributed by atoms with van der Waals surface area (Å²) in [6.07, 6.45) is 0. The van der Waals surface area contributed by atoms with E-state index in [1.54, 1.807) is 11.3 Å². The third kappa shape index (κ3) is 4.61. The minimum absolute atomic E-state index is 0.597. The normalized spacial score (nSPS) is 11.6. The van der Waals surface area contributed by atoms with Crippen LogP contribution in [0.3, 0.4) is 0 Å². The fourth-order valence-corrected chi connectivity index (χ4v) is 9.92. The molecular formula is C50H28N4S. The Bertz CT molecular complexity index is 3420. The number of thiophene rings is 1. The van der Waals surface area contributed by atoms with E-state index in [0.717, 1.165) is 65.8 Å². The van der Waals surface area contributed by atoms with Gasteiger partial charge in [-0.05, 0) is 87.6 Å². The molecule has 55 heavy (non-hydrogen) atoms. The molecule has 0 unspecified atom stereocenters. The summed E-state index contributed by atoms with van der Waals surface area (Å²) in [6, 6.07) is 59.6. The van der Waals surface area contributed by atoms with Crippen molar-refractivity contribution >= 4 is 86.5 Å². The molecule has 0 bridgehead atoms. The zero-order valence-corrected chi connectivity index (χ0v) is 30.2. The largest absolute Gasteiger partial charge is 0.310 e. The molecule has 0 radical (unpaired) electrons. The number of para-hydroxylation sites is 3. The molecule has 0 saturated carbocycles. The predicted octanol–water partition coefficient (Wildman–Crippen LogP) is 14.7. The number of benzene rings is 8. The molecule has 4 nitrogen and oxygen atoms in total. The topological polar surface area (TPSA) is 18.6 Å². The average molecular weight is 717 g/mol. The molecule has 0 aliphatic rings. The van der Waals surface area contributed by atoms with Gasteiger partial charge in [-0.15, -0.1) is 11.3 Å². The van der Waals surface area contributed by atoms with Crippen molar-refractivity contribution in [1.29, 1.82) is 0 Å². The summed E-state index contributed by atoms with van der Waals surface area (Å²) < 4.78 is 6.90. The van der Waals surface area contributed by atoms with Gasteiger partial charge in [0.25, 0.3) is 0 Å². The maximum atomic E-state index is 8.11. The van der Waals surface area contributed by atoms with Crippen LogP contribution in [0.25, 0.3) is 107 Å². The van der Waals surface area contributed by atoms with Crippen molar-refractivity contribution in [3.8, 4) is 33.6 Å². The van der Waals surface area contributed by atoms with Crippen LogP contribution in [0.4, 0.5) is 11.4 Å². The van der Waals surface area contributed by atoms with Crippen molar-refractivity contribution in [2.45, 2.75) is 0 Å². The average Bonchev–Trinajstić information content (AvgIpc) is 3.91. The third-order valence-corrected chi connectivity index (χ3v) is 12.2. The molecule has 0 saturated heterocycles. The number of fused-ring (bicyclic) bond motifs is 10. The van der Waals surface area contributed by atoms with Crippen LogP contribution in [0.5, 0.6) is 0 Å². The van der Waals surface area contributed by atoms with Crippen LogP contribution >= 0.6 is 11.3 Å². The maximum absolute atomic E-state index is 8.11. The van der Waals surface area contributed by atoms with Gasteiger partial charge in [0.15, 0.2) is 5.69 Å². The van der Waals surface area contributed by atoms with Crippen molar-refractivity contribution < 1.29 is 0 Å². The fraction of sp³-hybridized carbons (Fsp3) is 0. The second kappa shape index (κ2) is 12.0. The highest BCUT2D eigenvalue weighted by Gasteiger charge is 2.20. The number of hydrogen-bond donors (Lipinski definition) is 0. The summed E-state index contributed by atoms with van der Waals surface area (Å²) in [5, 5.41) is 7.11. The van der Waals surface area contributed by atoms with E-state index in [2.05, 4.69) is 164 Å². The first-order chi connectivity index (χ1) is 27.2. The molecule has 11 aromatic rings. The Morgan fingerprint density at radius 3 is 1.71 bits per heavy atom. The zero-order valence-electron chi connectivity index (χ0n) is 29.4. The molecule has 3 heterocycles. The SMILES string of the molecule is [C-]#[N+]c1cc(-c2ccccc2-c2cccc(-n3c4ccccc4c4c5sc6c([N+]#[C-])cccc6c5ccc43)c2)cc(-n2c3ccccc3c3ccccc32)c1. The molecule has 0 N–H and O–H groups in total. The lowest BCUT2D eigenvalue weighted by Gasteiger charge is -2.15. The van der Waals surface area contributed by atoms with Crippen LogP contribution in [0.15, 0.2) is 170 Å². The number of aromatic nitrogens is 2. The van der Waals surface area contributed by atoms with Crippen molar-refractivity contribution in [2.75, 3.05) is 0 Å². The van der Waals surface area contributed by atoms with E-state index in [0.29, 0.717) is 11.4 Å². The van der Waals surface area contributed by atoms with E-state index >= 15 is 0 Å². The standard InChI is InChI=1S/C50H28N4S/c1-51-33-27-32(29-35(30-33)54-44-22-8-5-17-38(44)39-18-6-9-23-45(39)54)37-16-4-3-15-36(37)31-13-11-14-34(28-31)53-46-24-10-7-19-42(46)48-47(53)26-25-41-40-20-12-21-43(52-2)49(40)55-50(41)48/h3-30H. The minimum atomic E-state index is 0.597. The molecule has 3 aromatic heterocycles. The highest BCUT2D eigenvalue weighted by atomic mass is 32.1. The van der Waals surface area contributed by atoms with Gasteiger partial charge in [-0.2, -0.15) is 0 Å². The first-order valence-electron chi connectivity index (χ1n) is 18.2. The quantitative estimate of drug-likeness (QED) is 0.162. The van der Waals surface area contributed by atoms with Gasteiger partial charge < -0.3 is 9.13 Å². The lowest BCUT2D eigenvalue weighted by molar-refractivity contribution is 1.18. The molecule has 0 aliphatic carbocycles.